The average Bonchev–Trinajstić information content (AvgIpc) is 1.11. The van der Waals surface area contributed by atoms with Crippen LogP contribution in [-0.4, -0.2) is 0 Å². The minimum absolute atomic E-state index is 0.890. The lowest BCUT2D eigenvalue weighted by atomic mass is 9.91. The van der Waals surface area contributed by atoms with Crippen LogP contribution in [0.25, 0.3) is 186 Å². The van der Waals surface area contributed by atoms with Crippen molar-refractivity contribution >= 4 is 143 Å². The molecule has 0 saturated carbocycles. The maximum Gasteiger partial charge on any atom is 0.143 e. The third-order valence-electron chi connectivity index (χ3n) is 23.0. The minimum Gasteiger partial charge on any atom is -0.455 e. The quantitative estimate of drug-likeness (QED) is 0.108. The van der Waals surface area contributed by atoms with Crippen LogP contribution in [0.15, 0.2) is 421 Å². The third kappa shape index (κ3) is 11.1. The fraction of sp³-hybridized carbons (Fsp3) is 0. The lowest BCUT2D eigenvalue weighted by molar-refractivity contribution is 0.669. The van der Waals surface area contributed by atoms with E-state index in [0.717, 1.165) is 128 Å². The Labute approximate surface area is 647 Å². The van der Waals surface area contributed by atoms with Crippen molar-refractivity contribution < 1.29 is 8.83 Å². The summed E-state index contributed by atoms with van der Waals surface area (Å²) in [6.45, 7) is 0. The fourth-order valence-corrected chi connectivity index (χ4v) is 17.4. The largest absolute Gasteiger partial charge is 0.455 e. The van der Waals surface area contributed by atoms with Gasteiger partial charge in [0.05, 0.1) is 5.69 Å². The second kappa shape index (κ2) is 26.5. The second-order valence-corrected chi connectivity index (χ2v) is 29.4. The van der Waals surface area contributed by atoms with Crippen molar-refractivity contribution in [2.24, 2.45) is 0 Å². The zero-order valence-corrected chi connectivity index (χ0v) is 61.0. The molecule has 0 saturated heterocycles. The summed E-state index contributed by atoms with van der Waals surface area (Å²) in [6, 6.07) is 151. The molecule has 0 amide bonds. The van der Waals surface area contributed by atoms with E-state index in [0.29, 0.717) is 0 Å². The van der Waals surface area contributed by atoms with Crippen LogP contribution in [0.3, 0.4) is 0 Å². The number of rotatable bonds is 13. The maximum absolute atomic E-state index is 6.57. The van der Waals surface area contributed by atoms with E-state index in [4.69, 9.17) is 8.83 Å². The first-order valence-electron chi connectivity index (χ1n) is 38.4. The molecule has 0 fully saturated rings. The van der Waals surface area contributed by atoms with Gasteiger partial charge in [0.2, 0.25) is 0 Å². The molecule has 4 heteroatoms. The minimum atomic E-state index is 0.890. The Hall–Kier alpha value is -14.8. The van der Waals surface area contributed by atoms with E-state index in [1.54, 1.807) is 0 Å². The zero-order chi connectivity index (χ0) is 73.7. The van der Waals surface area contributed by atoms with E-state index in [-0.39, 0.29) is 0 Å². The van der Waals surface area contributed by atoms with E-state index in [1.807, 2.05) is 18.2 Å². The van der Waals surface area contributed by atoms with Gasteiger partial charge in [-0.05, 0) is 229 Å². The molecule has 0 aliphatic carbocycles. The normalized spacial score (nSPS) is 11.8. The molecule has 20 aromatic carbocycles. The molecule has 22 rings (SSSR count). The monoisotopic (exact) mass is 1420 g/mol. The van der Waals surface area contributed by atoms with Gasteiger partial charge < -0.3 is 18.6 Å². The molecule has 22 aromatic rings. The summed E-state index contributed by atoms with van der Waals surface area (Å²) >= 11 is 0. The Morgan fingerprint density at radius 2 is 0.491 bits per heavy atom. The first kappa shape index (κ1) is 64.3. The van der Waals surface area contributed by atoms with Crippen LogP contribution in [0, 0.1) is 0 Å². The van der Waals surface area contributed by atoms with Crippen LogP contribution in [0.1, 0.15) is 0 Å². The predicted molar refractivity (Wildman–Crippen MR) is 473 cm³/mol. The molecule has 0 aliphatic rings. The molecule has 0 spiro atoms. The molecule has 4 nitrogen and oxygen atoms in total. The van der Waals surface area contributed by atoms with Gasteiger partial charge in [-0.15, -0.1) is 0 Å². The van der Waals surface area contributed by atoms with Gasteiger partial charge in [0.1, 0.15) is 22.3 Å². The number of fused-ring (bicyclic) bond motifs is 14. The molecule has 522 valence electrons. The van der Waals surface area contributed by atoms with Crippen molar-refractivity contribution in [1.82, 2.24) is 0 Å². The molecule has 0 bridgehead atoms. The van der Waals surface area contributed by atoms with Gasteiger partial charge in [-0.1, -0.05) is 309 Å². The van der Waals surface area contributed by atoms with E-state index >= 15 is 0 Å². The molecule has 0 unspecified atom stereocenters. The summed E-state index contributed by atoms with van der Waals surface area (Å²) in [5.41, 5.74) is 26.0. The standard InChI is InChI=1S/C108H68N2O2/c1-2-16-79-64-80(39-38-69(79)14-1)74-34-30-70(31-35-74)72-44-53-86(54-45-72)109(87-57-48-77(49-58-87)93-22-11-25-100-98-20-7-9-28-105(98)111-107(93)100)90-61-63-96-92-19-6-4-17-84(92)67-102(103(96)68-90)85-43-42-82-65-81(40-41-83(82)66-85)75-36-32-71(33-37-75)73-46-55-88(56-47-73)110(104-27-13-24-95-91-18-5-3-15-76(91)52-62-97(95)104)89-59-50-78(51-60-89)94-23-12-26-101-99-21-8-10-29-106(99)112-108(94)101/h1-68H. The molecular formula is C108H68N2O2. The van der Waals surface area contributed by atoms with Crippen molar-refractivity contribution in [3.8, 4) is 77.9 Å². The lowest BCUT2D eigenvalue weighted by Gasteiger charge is -2.27. The Morgan fingerprint density at radius 3 is 1.04 bits per heavy atom. The predicted octanol–water partition coefficient (Wildman–Crippen LogP) is 31.0. The smallest absolute Gasteiger partial charge is 0.143 e. The number of nitrogens with zero attached hydrogens (tertiary/aromatic N) is 2. The van der Waals surface area contributed by atoms with Crippen LogP contribution >= 0.6 is 0 Å². The van der Waals surface area contributed by atoms with Crippen molar-refractivity contribution in [2.45, 2.75) is 0 Å². The van der Waals surface area contributed by atoms with Crippen molar-refractivity contribution in [3.05, 3.63) is 413 Å². The highest BCUT2D eigenvalue weighted by Gasteiger charge is 2.22. The summed E-state index contributed by atoms with van der Waals surface area (Å²) in [5, 5.41) is 19.0. The topological polar surface area (TPSA) is 32.8 Å². The number of anilines is 6. The fourth-order valence-electron chi connectivity index (χ4n) is 17.4. The van der Waals surface area contributed by atoms with E-state index in [9.17, 15) is 0 Å². The van der Waals surface area contributed by atoms with Gasteiger partial charge in [-0.3, -0.25) is 0 Å². The molecular weight excluding hydrogens is 1360 g/mol. The highest BCUT2D eigenvalue weighted by molar-refractivity contribution is 6.17. The summed E-state index contributed by atoms with van der Waals surface area (Å²) in [6.07, 6.45) is 0. The van der Waals surface area contributed by atoms with E-state index in [2.05, 4.69) is 404 Å². The van der Waals surface area contributed by atoms with Crippen LogP contribution in [-0.2, 0) is 0 Å². The number of benzene rings is 20. The summed E-state index contributed by atoms with van der Waals surface area (Å²) < 4.78 is 13.1. The number of hydrogen-bond acceptors (Lipinski definition) is 4. The Morgan fingerprint density at radius 1 is 0.152 bits per heavy atom. The third-order valence-corrected chi connectivity index (χ3v) is 23.0. The summed E-state index contributed by atoms with van der Waals surface area (Å²) in [7, 11) is 0. The molecule has 0 atom stereocenters. The molecule has 2 aromatic heterocycles. The van der Waals surface area contributed by atoms with E-state index < -0.39 is 0 Å². The van der Waals surface area contributed by atoms with Crippen molar-refractivity contribution in [3.63, 3.8) is 0 Å². The van der Waals surface area contributed by atoms with Crippen LogP contribution < -0.4 is 9.80 Å². The summed E-state index contributed by atoms with van der Waals surface area (Å²) in [4.78, 5) is 4.80. The van der Waals surface area contributed by atoms with Gasteiger partial charge in [0.15, 0.2) is 0 Å². The summed E-state index contributed by atoms with van der Waals surface area (Å²) in [5.74, 6) is 0. The number of furan rings is 2. The Balaban J connectivity index is 0.578. The number of para-hydroxylation sites is 4. The zero-order valence-electron chi connectivity index (χ0n) is 61.0. The SMILES string of the molecule is c1ccc2cc(-c3ccc(-c4ccc(N(c5ccc(-c6cccc7c6oc6ccccc67)cc5)c5ccc6c(c5)c(-c5ccc7cc(-c8ccc(-c9ccc(N(c%10ccc(-c%11cccc%12c%11oc%11ccccc%11%12)cc%10)c%10cccc%11c%10ccc%10ccccc%10%11)cc9)cc8)ccc7c5)cc5ccccc56)cc4)cc3)ccc2c1. The number of hydrogen-bond donors (Lipinski definition) is 0. The lowest BCUT2D eigenvalue weighted by Crippen LogP contribution is -2.10. The maximum atomic E-state index is 6.57. The van der Waals surface area contributed by atoms with Crippen LogP contribution in [0.2, 0.25) is 0 Å². The molecule has 2 heterocycles. The molecule has 0 radical (unpaired) electrons. The first-order chi connectivity index (χ1) is 55.5. The highest BCUT2D eigenvalue weighted by atomic mass is 16.3. The average molecular weight is 1430 g/mol. The Bertz CT molecular complexity index is 7460. The molecule has 112 heavy (non-hydrogen) atoms. The van der Waals surface area contributed by atoms with Gasteiger partial charge in [0.25, 0.3) is 0 Å². The highest BCUT2D eigenvalue weighted by Crippen LogP contribution is 2.47. The van der Waals surface area contributed by atoms with Gasteiger partial charge in [-0.25, -0.2) is 0 Å². The van der Waals surface area contributed by atoms with Crippen molar-refractivity contribution in [2.75, 3.05) is 9.80 Å². The van der Waals surface area contributed by atoms with Crippen molar-refractivity contribution in [1.29, 1.82) is 0 Å². The van der Waals surface area contributed by atoms with Crippen LogP contribution in [0.5, 0.6) is 0 Å². The second-order valence-electron chi connectivity index (χ2n) is 29.4. The molecule has 0 N–H and O–H groups in total. The molecule has 0 aliphatic heterocycles. The van der Waals surface area contributed by atoms with Gasteiger partial charge in [0, 0.05) is 66.5 Å². The first-order valence-corrected chi connectivity index (χ1v) is 38.4. The van der Waals surface area contributed by atoms with Gasteiger partial charge >= 0.3 is 0 Å². The van der Waals surface area contributed by atoms with Crippen LogP contribution in [0.4, 0.5) is 34.1 Å². The van der Waals surface area contributed by atoms with E-state index in [1.165, 1.54) is 92.5 Å². The Kier molecular flexibility index (Phi) is 15.2. The van der Waals surface area contributed by atoms with Gasteiger partial charge in [-0.2, -0.15) is 0 Å².